The van der Waals surface area contributed by atoms with Crippen LogP contribution in [0.15, 0.2) is 26.8 Å². The Labute approximate surface area is 153 Å². The lowest BCUT2D eigenvalue weighted by Gasteiger charge is -2.17. The molecular weight excluding hydrogens is 375 g/mol. The molecule has 21 heavy (non-hydrogen) atoms. The summed E-state index contributed by atoms with van der Waals surface area (Å²) in [4.78, 5) is 5.83. The van der Waals surface area contributed by atoms with E-state index < -0.39 is 0 Å². The molecule has 0 fully saturated rings. The highest BCUT2D eigenvalue weighted by atomic mass is 32.3. The van der Waals surface area contributed by atoms with Gasteiger partial charge in [0.05, 0.1) is 16.9 Å². The Morgan fingerprint density at radius 3 is 1.90 bits per heavy atom. The maximum atomic E-state index is 2.60. The number of thioether (sulfide) groups is 6. The van der Waals surface area contributed by atoms with E-state index in [0.29, 0.717) is 0 Å². The van der Waals surface area contributed by atoms with Gasteiger partial charge >= 0.3 is 0 Å². The monoisotopic (exact) mass is 393 g/mol. The van der Waals surface area contributed by atoms with Gasteiger partial charge in [0.25, 0.3) is 0 Å². The molecule has 3 aliphatic rings. The summed E-state index contributed by atoms with van der Waals surface area (Å²) in [5.41, 5.74) is 0. The second kappa shape index (κ2) is 7.90. The van der Waals surface area contributed by atoms with E-state index in [1.54, 1.807) is 9.81 Å². The standard InChI is InChI=1S/C14H19NS6/c1-4-5-6-15-7-9-10(8-15)19-13(18-9)14-20-11(16-2)12(17-3)21-14/h4-8H2,1-3H3. The van der Waals surface area contributed by atoms with Crippen molar-refractivity contribution in [1.29, 1.82) is 0 Å². The van der Waals surface area contributed by atoms with Gasteiger partial charge in [-0.1, -0.05) is 60.4 Å². The van der Waals surface area contributed by atoms with Crippen LogP contribution in [0, 0.1) is 0 Å². The molecule has 0 spiro atoms. The summed E-state index contributed by atoms with van der Waals surface area (Å²) in [5, 5.41) is 0. The molecule has 0 aromatic carbocycles. The minimum atomic E-state index is 1.18. The smallest absolute Gasteiger partial charge is 0.0717 e. The molecule has 0 saturated heterocycles. The topological polar surface area (TPSA) is 3.24 Å². The van der Waals surface area contributed by atoms with Crippen LogP contribution in [0.4, 0.5) is 0 Å². The third kappa shape index (κ3) is 3.86. The van der Waals surface area contributed by atoms with Crippen LogP contribution in [0.3, 0.4) is 0 Å². The zero-order chi connectivity index (χ0) is 14.8. The largest absolute Gasteiger partial charge is 0.294 e. The normalized spacial score (nSPS) is 23.0. The van der Waals surface area contributed by atoms with Gasteiger partial charge in [-0.2, -0.15) is 0 Å². The molecule has 0 aliphatic carbocycles. The van der Waals surface area contributed by atoms with Crippen LogP contribution in [-0.4, -0.2) is 37.0 Å². The van der Waals surface area contributed by atoms with Crippen molar-refractivity contribution < 1.29 is 0 Å². The Morgan fingerprint density at radius 2 is 1.43 bits per heavy atom. The molecule has 0 N–H and O–H groups in total. The Morgan fingerprint density at radius 1 is 0.905 bits per heavy atom. The maximum Gasteiger partial charge on any atom is 0.0717 e. The molecule has 0 atom stereocenters. The van der Waals surface area contributed by atoms with E-state index in [4.69, 9.17) is 0 Å². The highest BCUT2D eigenvalue weighted by Gasteiger charge is 2.33. The Balaban J connectivity index is 1.60. The first-order valence-corrected chi connectivity index (χ1v) is 12.7. The second-order valence-corrected chi connectivity index (χ2v) is 11.8. The van der Waals surface area contributed by atoms with Gasteiger partial charge in [0.15, 0.2) is 0 Å². The first kappa shape index (κ1) is 17.1. The van der Waals surface area contributed by atoms with Crippen molar-refractivity contribution in [3.05, 3.63) is 26.8 Å². The molecule has 1 nitrogen and oxygen atoms in total. The molecule has 0 radical (unpaired) electrons. The predicted octanol–water partition coefficient (Wildman–Crippen LogP) is 6.25. The van der Waals surface area contributed by atoms with Crippen molar-refractivity contribution in [2.45, 2.75) is 19.8 Å². The van der Waals surface area contributed by atoms with Crippen LogP contribution in [0.5, 0.6) is 0 Å². The molecule has 0 aromatic rings. The fourth-order valence-corrected chi connectivity index (χ4v) is 10.4. The third-order valence-electron chi connectivity index (χ3n) is 3.38. The van der Waals surface area contributed by atoms with Crippen molar-refractivity contribution in [3.8, 4) is 0 Å². The number of rotatable bonds is 5. The first-order chi connectivity index (χ1) is 10.2. The summed E-state index contributed by atoms with van der Waals surface area (Å²) < 4.78 is 6.00. The SMILES string of the molecule is CCCCN1CC2=C(C1)SC(=C1SC(SC)=C(SC)S1)S2. The lowest BCUT2D eigenvalue weighted by Crippen LogP contribution is -2.22. The van der Waals surface area contributed by atoms with E-state index >= 15 is 0 Å². The number of hydrogen-bond donors (Lipinski definition) is 0. The Kier molecular flexibility index (Phi) is 6.44. The summed E-state index contributed by atoms with van der Waals surface area (Å²) in [6.45, 7) is 5.89. The van der Waals surface area contributed by atoms with Crippen molar-refractivity contribution in [2.24, 2.45) is 0 Å². The molecule has 0 saturated carbocycles. The van der Waals surface area contributed by atoms with E-state index in [2.05, 4.69) is 24.3 Å². The zero-order valence-electron chi connectivity index (χ0n) is 12.4. The fourth-order valence-electron chi connectivity index (χ4n) is 2.29. The summed E-state index contributed by atoms with van der Waals surface area (Å²) in [5.74, 6) is 0. The minimum absolute atomic E-state index is 1.18. The van der Waals surface area contributed by atoms with E-state index in [1.165, 1.54) is 49.4 Å². The molecule has 7 heteroatoms. The minimum Gasteiger partial charge on any atom is -0.294 e. The van der Waals surface area contributed by atoms with Crippen molar-refractivity contribution >= 4 is 70.6 Å². The highest BCUT2D eigenvalue weighted by Crippen LogP contribution is 2.63. The van der Waals surface area contributed by atoms with Gasteiger partial charge in [-0.3, -0.25) is 4.90 Å². The van der Waals surface area contributed by atoms with Crippen molar-refractivity contribution in [3.63, 3.8) is 0 Å². The van der Waals surface area contributed by atoms with Gasteiger partial charge < -0.3 is 0 Å². The van der Waals surface area contributed by atoms with Crippen molar-refractivity contribution in [2.75, 3.05) is 32.1 Å². The van der Waals surface area contributed by atoms with Gasteiger partial charge in [-0.15, -0.1) is 23.5 Å². The average Bonchev–Trinajstić information content (AvgIpc) is 3.16. The maximum absolute atomic E-state index is 2.60. The second-order valence-electron chi connectivity index (χ2n) is 4.88. The van der Waals surface area contributed by atoms with Gasteiger partial charge in [0.1, 0.15) is 0 Å². The Bertz CT molecular complexity index is 484. The summed E-state index contributed by atoms with van der Waals surface area (Å²) in [7, 11) is 0. The van der Waals surface area contributed by atoms with Gasteiger partial charge in [0.2, 0.25) is 0 Å². The quantitative estimate of drug-likeness (QED) is 0.536. The number of nitrogens with zero attached hydrogens (tertiary/aromatic N) is 1. The van der Waals surface area contributed by atoms with Crippen LogP contribution in [0.1, 0.15) is 19.8 Å². The summed E-state index contributed by atoms with van der Waals surface area (Å²) in [6.07, 6.45) is 7.00. The van der Waals surface area contributed by atoms with E-state index in [1.807, 2.05) is 70.6 Å². The molecule has 0 bridgehead atoms. The lowest BCUT2D eigenvalue weighted by molar-refractivity contribution is 0.343. The number of hydrogen-bond acceptors (Lipinski definition) is 7. The molecule has 0 unspecified atom stereocenters. The van der Waals surface area contributed by atoms with Crippen LogP contribution in [0.25, 0.3) is 0 Å². The average molecular weight is 394 g/mol. The molecule has 3 aliphatic heterocycles. The molecule has 0 amide bonds. The third-order valence-corrected chi connectivity index (χ3v) is 11.8. The molecule has 116 valence electrons. The van der Waals surface area contributed by atoms with Crippen LogP contribution >= 0.6 is 70.6 Å². The van der Waals surface area contributed by atoms with Gasteiger partial charge in [0, 0.05) is 22.9 Å². The predicted molar refractivity (Wildman–Crippen MR) is 110 cm³/mol. The first-order valence-electron chi connectivity index (χ1n) is 6.97. The Hall–Kier alpha value is 1.28. The zero-order valence-corrected chi connectivity index (χ0v) is 17.3. The highest BCUT2D eigenvalue weighted by molar-refractivity contribution is 8.42. The molecule has 0 aromatic heterocycles. The van der Waals surface area contributed by atoms with Crippen molar-refractivity contribution in [1.82, 2.24) is 4.90 Å². The van der Waals surface area contributed by atoms with E-state index in [-0.39, 0.29) is 0 Å². The number of unbranched alkanes of at least 4 members (excludes halogenated alkanes) is 1. The molecule has 3 heterocycles. The van der Waals surface area contributed by atoms with Crippen LogP contribution in [0.2, 0.25) is 0 Å². The van der Waals surface area contributed by atoms with Crippen LogP contribution < -0.4 is 0 Å². The van der Waals surface area contributed by atoms with E-state index in [0.717, 1.165) is 0 Å². The summed E-state index contributed by atoms with van der Waals surface area (Å²) >= 11 is 11.8. The van der Waals surface area contributed by atoms with E-state index in [9.17, 15) is 0 Å². The summed E-state index contributed by atoms with van der Waals surface area (Å²) in [6, 6.07) is 0. The van der Waals surface area contributed by atoms with Crippen LogP contribution in [-0.2, 0) is 0 Å². The van der Waals surface area contributed by atoms with Gasteiger partial charge in [-0.05, 0) is 25.5 Å². The molecular formula is C14H19NS6. The van der Waals surface area contributed by atoms with Gasteiger partial charge in [-0.25, -0.2) is 0 Å². The molecule has 3 rings (SSSR count). The fraction of sp³-hybridized carbons (Fsp3) is 0.571. The lowest BCUT2D eigenvalue weighted by atomic mass is 10.3.